The molecule has 8 heteroatoms. The number of amides is 1. The Balaban J connectivity index is 2.20. The SMILES string of the molecule is CC[C@H](C)[C@H](NS(=O)(=O)c1ccc(N2CCCC2=O)cc1)C(=O)O. The first-order chi connectivity index (χ1) is 11.3. The van der Waals surface area contributed by atoms with Crippen LogP contribution in [0.1, 0.15) is 33.1 Å². The number of rotatable bonds is 7. The van der Waals surface area contributed by atoms with Crippen LogP contribution in [0.2, 0.25) is 0 Å². The fourth-order valence-corrected chi connectivity index (χ4v) is 3.91. The fourth-order valence-electron chi connectivity index (χ4n) is 2.61. The predicted molar refractivity (Wildman–Crippen MR) is 89.2 cm³/mol. The van der Waals surface area contributed by atoms with E-state index in [2.05, 4.69) is 4.72 Å². The second-order valence-corrected chi connectivity index (χ2v) is 7.68. The maximum Gasteiger partial charge on any atom is 0.322 e. The molecule has 0 aliphatic carbocycles. The van der Waals surface area contributed by atoms with Gasteiger partial charge in [0.1, 0.15) is 6.04 Å². The van der Waals surface area contributed by atoms with Crippen LogP contribution >= 0.6 is 0 Å². The number of carboxylic acid groups (broad SMARTS) is 1. The molecule has 0 spiro atoms. The van der Waals surface area contributed by atoms with Crippen molar-refractivity contribution in [2.45, 2.75) is 44.0 Å². The number of benzene rings is 1. The van der Waals surface area contributed by atoms with Gasteiger partial charge in [0.15, 0.2) is 0 Å². The zero-order valence-corrected chi connectivity index (χ0v) is 14.5. The van der Waals surface area contributed by atoms with Gasteiger partial charge in [-0.1, -0.05) is 20.3 Å². The Bertz CT molecular complexity index is 714. The minimum absolute atomic E-state index is 0.0199. The van der Waals surface area contributed by atoms with Gasteiger partial charge in [0.25, 0.3) is 0 Å². The monoisotopic (exact) mass is 354 g/mol. The van der Waals surface area contributed by atoms with Gasteiger partial charge in [0.05, 0.1) is 4.90 Å². The van der Waals surface area contributed by atoms with E-state index in [0.717, 1.165) is 6.42 Å². The number of aliphatic carboxylic acids is 1. The van der Waals surface area contributed by atoms with E-state index in [1.54, 1.807) is 30.9 Å². The molecule has 1 fully saturated rings. The lowest BCUT2D eigenvalue weighted by Crippen LogP contribution is -2.44. The highest BCUT2D eigenvalue weighted by atomic mass is 32.2. The smallest absolute Gasteiger partial charge is 0.322 e. The largest absolute Gasteiger partial charge is 0.480 e. The van der Waals surface area contributed by atoms with Gasteiger partial charge < -0.3 is 10.0 Å². The number of nitrogens with zero attached hydrogens (tertiary/aromatic N) is 1. The molecule has 1 aromatic carbocycles. The second kappa shape index (κ2) is 7.31. The third kappa shape index (κ3) is 3.93. The normalized spacial score (nSPS) is 17.8. The Morgan fingerprint density at radius 2 is 1.96 bits per heavy atom. The molecule has 1 amide bonds. The average molecular weight is 354 g/mol. The van der Waals surface area contributed by atoms with Crippen molar-refractivity contribution in [1.29, 1.82) is 0 Å². The maximum absolute atomic E-state index is 12.4. The lowest BCUT2D eigenvalue weighted by Gasteiger charge is -2.20. The lowest BCUT2D eigenvalue weighted by molar-refractivity contribution is -0.140. The minimum Gasteiger partial charge on any atom is -0.480 e. The van der Waals surface area contributed by atoms with Crippen molar-refractivity contribution >= 4 is 27.6 Å². The summed E-state index contributed by atoms with van der Waals surface area (Å²) >= 11 is 0. The number of nitrogens with one attached hydrogen (secondary N) is 1. The van der Waals surface area contributed by atoms with Crippen LogP contribution < -0.4 is 9.62 Å². The van der Waals surface area contributed by atoms with Crippen LogP contribution in [0.3, 0.4) is 0 Å². The van der Waals surface area contributed by atoms with Gasteiger partial charge in [-0.3, -0.25) is 9.59 Å². The van der Waals surface area contributed by atoms with E-state index in [9.17, 15) is 23.1 Å². The number of sulfonamides is 1. The maximum atomic E-state index is 12.4. The van der Waals surface area contributed by atoms with Crippen molar-refractivity contribution < 1.29 is 23.1 Å². The molecule has 2 N–H and O–H groups in total. The number of hydrogen-bond acceptors (Lipinski definition) is 4. The summed E-state index contributed by atoms with van der Waals surface area (Å²) in [6, 6.07) is 4.73. The lowest BCUT2D eigenvalue weighted by atomic mass is 10.0. The van der Waals surface area contributed by atoms with Gasteiger partial charge in [0, 0.05) is 18.7 Å². The molecule has 1 aromatic rings. The average Bonchev–Trinajstić information content (AvgIpc) is 2.98. The van der Waals surface area contributed by atoms with Crippen molar-refractivity contribution in [1.82, 2.24) is 4.72 Å². The Morgan fingerprint density at radius 3 is 2.42 bits per heavy atom. The Kier molecular flexibility index (Phi) is 5.61. The van der Waals surface area contributed by atoms with E-state index in [1.165, 1.54) is 12.1 Å². The van der Waals surface area contributed by atoms with Crippen molar-refractivity contribution in [3.63, 3.8) is 0 Å². The molecule has 24 heavy (non-hydrogen) atoms. The summed E-state index contributed by atoms with van der Waals surface area (Å²) in [4.78, 5) is 24.6. The molecule has 1 aliphatic rings. The first-order valence-corrected chi connectivity index (χ1v) is 9.40. The van der Waals surface area contributed by atoms with Gasteiger partial charge in [-0.2, -0.15) is 4.72 Å². The molecular formula is C16H22N2O5S. The Labute approximate surface area is 141 Å². The fraction of sp³-hybridized carbons (Fsp3) is 0.500. The molecule has 7 nitrogen and oxygen atoms in total. The molecule has 0 bridgehead atoms. The summed E-state index contributed by atoms with van der Waals surface area (Å²) < 4.78 is 27.1. The quantitative estimate of drug-likeness (QED) is 0.774. The molecule has 1 heterocycles. The highest BCUT2D eigenvalue weighted by Gasteiger charge is 2.29. The van der Waals surface area contributed by atoms with E-state index in [0.29, 0.717) is 25.1 Å². The molecular weight excluding hydrogens is 332 g/mol. The van der Waals surface area contributed by atoms with Gasteiger partial charge >= 0.3 is 5.97 Å². The number of carbonyl (C=O) groups excluding carboxylic acids is 1. The number of hydrogen-bond donors (Lipinski definition) is 2. The van der Waals surface area contributed by atoms with Crippen LogP contribution in [0.15, 0.2) is 29.2 Å². The summed E-state index contributed by atoms with van der Waals surface area (Å²) in [5.41, 5.74) is 0.646. The third-order valence-electron chi connectivity index (χ3n) is 4.29. The van der Waals surface area contributed by atoms with Crippen LogP contribution in [0.5, 0.6) is 0 Å². The van der Waals surface area contributed by atoms with E-state index in [-0.39, 0.29) is 16.7 Å². The van der Waals surface area contributed by atoms with E-state index in [1.807, 2.05) is 0 Å². The van der Waals surface area contributed by atoms with Crippen molar-refractivity contribution in [2.24, 2.45) is 5.92 Å². The van der Waals surface area contributed by atoms with Gasteiger partial charge in [-0.25, -0.2) is 8.42 Å². The number of anilines is 1. The molecule has 2 rings (SSSR count). The van der Waals surface area contributed by atoms with Crippen molar-refractivity contribution in [2.75, 3.05) is 11.4 Å². The summed E-state index contributed by atoms with van der Waals surface area (Å²) in [6.45, 7) is 4.11. The van der Waals surface area contributed by atoms with E-state index in [4.69, 9.17) is 0 Å². The summed E-state index contributed by atoms with van der Waals surface area (Å²) in [7, 11) is -3.95. The molecule has 1 saturated heterocycles. The molecule has 0 aromatic heterocycles. The van der Waals surface area contributed by atoms with Gasteiger partial charge in [-0.05, 0) is 36.6 Å². The number of carboxylic acids is 1. The highest BCUT2D eigenvalue weighted by molar-refractivity contribution is 7.89. The summed E-state index contributed by atoms with van der Waals surface area (Å²) in [6.07, 6.45) is 1.82. The Morgan fingerprint density at radius 1 is 1.33 bits per heavy atom. The van der Waals surface area contributed by atoms with Gasteiger partial charge in [0.2, 0.25) is 15.9 Å². The number of carbonyl (C=O) groups is 2. The molecule has 0 saturated carbocycles. The van der Waals surface area contributed by atoms with Crippen LogP contribution in [0.4, 0.5) is 5.69 Å². The second-order valence-electron chi connectivity index (χ2n) is 5.97. The molecule has 0 radical (unpaired) electrons. The van der Waals surface area contributed by atoms with Crippen LogP contribution in [-0.2, 0) is 19.6 Å². The third-order valence-corrected chi connectivity index (χ3v) is 5.75. The van der Waals surface area contributed by atoms with E-state index >= 15 is 0 Å². The zero-order valence-electron chi connectivity index (χ0n) is 13.7. The van der Waals surface area contributed by atoms with E-state index < -0.39 is 22.0 Å². The summed E-state index contributed by atoms with van der Waals surface area (Å²) in [5.74, 6) is -1.52. The predicted octanol–water partition coefficient (Wildman–Crippen LogP) is 1.59. The topological polar surface area (TPSA) is 104 Å². The van der Waals surface area contributed by atoms with Gasteiger partial charge in [-0.15, -0.1) is 0 Å². The van der Waals surface area contributed by atoms with Crippen LogP contribution in [0.25, 0.3) is 0 Å². The van der Waals surface area contributed by atoms with Crippen molar-refractivity contribution in [3.05, 3.63) is 24.3 Å². The zero-order chi connectivity index (χ0) is 17.9. The standard InChI is InChI=1S/C16H22N2O5S/c1-3-11(2)15(16(20)21)17-24(22,23)13-8-6-12(7-9-13)18-10-4-5-14(18)19/h6-9,11,15,17H,3-5,10H2,1-2H3,(H,20,21)/t11-,15-/m0/s1. The highest BCUT2D eigenvalue weighted by Crippen LogP contribution is 2.23. The van der Waals surface area contributed by atoms with Crippen molar-refractivity contribution in [3.8, 4) is 0 Å². The van der Waals surface area contributed by atoms with Crippen LogP contribution in [-0.4, -0.2) is 38.0 Å². The van der Waals surface area contributed by atoms with Crippen LogP contribution in [0, 0.1) is 5.92 Å². The molecule has 1 aliphatic heterocycles. The minimum atomic E-state index is -3.95. The first kappa shape index (κ1) is 18.4. The molecule has 2 atom stereocenters. The first-order valence-electron chi connectivity index (χ1n) is 7.92. The molecule has 0 unspecified atom stereocenters. The summed E-state index contributed by atoms with van der Waals surface area (Å²) in [5, 5.41) is 9.23. The molecule has 132 valence electrons. The Hall–Kier alpha value is -1.93.